The summed E-state index contributed by atoms with van der Waals surface area (Å²) < 4.78 is 1.48. The molecular weight excluding hydrogens is 364 g/mol. The van der Waals surface area contributed by atoms with Crippen LogP contribution in [0.2, 0.25) is 0 Å². The lowest BCUT2D eigenvalue weighted by Gasteiger charge is -2.13. The van der Waals surface area contributed by atoms with Crippen LogP contribution in [-0.4, -0.2) is 21.4 Å². The molecule has 2 aromatic carbocycles. The third kappa shape index (κ3) is 3.23. The van der Waals surface area contributed by atoms with Gasteiger partial charge in [0.05, 0.1) is 28.2 Å². The molecule has 1 aliphatic rings. The van der Waals surface area contributed by atoms with E-state index in [0.717, 1.165) is 16.8 Å². The Balaban J connectivity index is 1.74. The number of amides is 1. The van der Waals surface area contributed by atoms with Gasteiger partial charge in [0, 0.05) is 5.69 Å². The van der Waals surface area contributed by atoms with Crippen molar-refractivity contribution in [3.8, 4) is 5.69 Å². The fourth-order valence-corrected chi connectivity index (χ4v) is 3.35. The number of carbonyl (C=O) groups excluding carboxylic acids is 1. The minimum atomic E-state index is -0.239. The standard InChI is InChI=1S/C23H22N4O2/c1-14-10-11-19(12-15(14)2)27-23(29)21(17(4)25-27)13-20-16(3)24-26(22(20)28)18-8-6-5-7-9-18/h5-13,24H,1-4H3. The second-order valence-electron chi connectivity index (χ2n) is 7.26. The first-order chi connectivity index (χ1) is 13.9. The highest BCUT2D eigenvalue weighted by atomic mass is 16.2. The number of aryl methyl sites for hydroxylation is 3. The van der Waals surface area contributed by atoms with Crippen LogP contribution < -0.4 is 10.6 Å². The maximum Gasteiger partial charge on any atom is 0.280 e. The lowest BCUT2D eigenvalue weighted by Crippen LogP contribution is -2.22. The molecule has 1 N–H and O–H groups in total. The normalized spacial score (nSPS) is 15.3. The third-order valence-electron chi connectivity index (χ3n) is 5.22. The minimum Gasteiger partial charge on any atom is -0.295 e. The van der Waals surface area contributed by atoms with Crippen molar-refractivity contribution in [1.82, 2.24) is 9.78 Å². The van der Waals surface area contributed by atoms with E-state index in [1.54, 1.807) is 13.0 Å². The first-order valence-electron chi connectivity index (χ1n) is 9.43. The molecule has 3 aromatic rings. The van der Waals surface area contributed by atoms with E-state index in [1.807, 2.05) is 69.3 Å². The number of hydrazone groups is 1. The summed E-state index contributed by atoms with van der Waals surface area (Å²) in [6.07, 6.45) is 1.63. The van der Waals surface area contributed by atoms with Crippen molar-refractivity contribution in [2.45, 2.75) is 27.7 Å². The molecule has 0 atom stereocenters. The zero-order valence-corrected chi connectivity index (χ0v) is 16.9. The van der Waals surface area contributed by atoms with Gasteiger partial charge in [-0.25, -0.2) is 4.68 Å². The smallest absolute Gasteiger partial charge is 0.280 e. The number of hydrogen-bond acceptors (Lipinski definition) is 3. The number of nitrogens with zero attached hydrogens (tertiary/aromatic N) is 3. The maximum atomic E-state index is 13.0. The molecule has 0 radical (unpaired) electrons. The summed E-state index contributed by atoms with van der Waals surface area (Å²) in [4.78, 5) is 26.0. The predicted molar refractivity (Wildman–Crippen MR) is 116 cm³/mol. The van der Waals surface area contributed by atoms with Crippen LogP contribution >= 0.6 is 0 Å². The number of aromatic amines is 1. The number of aromatic nitrogens is 2. The first kappa shape index (κ1) is 18.7. The summed E-state index contributed by atoms with van der Waals surface area (Å²) in [5, 5.41) is 8.90. The number of rotatable bonds is 3. The summed E-state index contributed by atoms with van der Waals surface area (Å²) >= 11 is 0. The fourth-order valence-electron chi connectivity index (χ4n) is 3.35. The molecule has 6 nitrogen and oxygen atoms in total. The minimum absolute atomic E-state index is 0.202. The van der Waals surface area contributed by atoms with E-state index in [0.29, 0.717) is 28.2 Å². The van der Waals surface area contributed by atoms with E-state index >= 15 is 0 Å². The third-order valence-corrected chi connectivity index (χ3v) is 5.22. The molecule has 0 unspecified atom stereocenters. The number of anilines is 1. The zero-order valence-electron chi connectivity index (χ0n) is 16.9. The summed E-state index contributed by atoms with van der Waals surface area (Å²) in [5.74, 6) is -0.239. The molecule has 146 valence electrons. The van der Waals surface area contributed by atoms with Crippen LogP contribution in [0.15, 0.2) is 64.0 Å². The van der Waals surface area contributed by atoms with Crippen LogP contribution in [0.4, 0.5) is 5.69 Å². The highest BCUT2D eigenvalue weighted by Gasteiger charge is 2.29. The second kappa shape index (κ2) is 7.05. The Morgan fingerprint density at radius 1 is 0.897 bits per heavy atom. The fraction of sp³-hybridized carbons (Fsp3) is 0.174. The average molecular weight is 386 g/mol. The Kier molecular flexibility index (Phi) is 4.54. The van der Waals surface area contributed by atoms with Gasteiger partial charge in [-0.05, 0) is 69.2 Å². The van der Waals surface area contributed by atoms with Crippen molar-refractivity contribution in [2.75, 3.05) is 5.01 Å². The van der Waals surface area contributed by atoms with Gasteiger partial charge in [0.2, 0.25) is 0 Å². The van der Waals surface area contributed by atoms with Gasteiger partial charge in [0.15, 0.2) is 0 Å². The largest absolute Gasteiger partial charge is 0.295 e. The molecular formula is C23H22N4O2. The maximum absolute atomic E-state index is 13.0. The Morgan fingerprint density at radius 3 is 2.31 bits per heavy atom. The number of benzene rings is 2. The van der Waals surface area contributed by atoms with Gasteiger partial charge in [0.25, 0.3) is 11.5 Å². The molecule has 1 aromatic heterocycles. The number of hydrogen-bond donors (Lipinski definition) is 1. The van der Waals surface area contributed by atoms with Gasteiger partial charge < -0.3 is 0 Å². The van der Waals surface area contributed by atoms with Crippen molar-refractivity contribution in [2.24, 2.45) is 5.10 Å². The average Bonchev–Trinajstić information content (AvgIpc) is 3.15. The number of H-pyrrole nitrogens is 1. The van der Waals surface area contributed by atoms with Gasteiger partial charge in [-0.2, -0.15) is 10.1 Å². The van der Waals surface area contributed by atoms with Crippen molar-refractivity contribution in [3.05, 3.63) is 86.8 Å². The van der Waals surface area contributed by atoms with E-state index < -0.39 is 0 Å². The van der Waals surface area contributed by atoms with Gasteiger partial charge in [0.1, 0.15) is 0 Å². The quantitative estimate of drug-likeness (QED) is 0.694. The molecule has 0 spiro atoms. The van der Waals surface area contributed by atoms with E-state index in [1.165, 1.54) is 9.69 Å². The van der Waals surface area contributed by atoms with Crippen molar-refractivity contribution >= 4 is 23.4 Å². The predicted octanol–water partition coefficient (Wildman–Crippen LogP) is 3.90. The molecule has 1 aliphatic heterocycles. The molecule has 29 heavy (non-hydrogen) atoms. The first-order valence-corrected chi connectivity index (χ1v) is 9.43. The Labute approximate surface area is 168 Å². The zero-order chi connectivity index (χ0) is 20.7. The second-order valence-corrected chi connectivity index (χ2v) is 7.26. The van der Waals surface area contributed by atoms with Crippen LogP contribution in [0.1, 0.15) is 29.3 Å². The lowest BCUT2D eigenvalue weighted by atomic mass is 10.1. The van der Waals surface area contributed by atoms with E-state index in [2.05, 4.69) is 10.2 Å². The molecule has 1 amide bonds. The topological polar surface area (TPSA) is 70.5 Å². The van der Waals surface area contributed by atoms with Crippen molar-refractivity contribution in [3.63, 3.8) is 0 Å². The summed E-state index contributed by atoms with van der Waals surface area (Å²) in [6.45, 7) is 7.63. The molecule has 0 fully saturated rings. The molecule has 0 aliphatic carbocycles. The van der Waals surface area contributed by atoms with Crippen LogP contribution in [-0.2, 0) is 4.79 Å². The Morgan fingerprint density at radius 2 is 1.62 bits per heavy atom. The van der Waals surface area contributed by atoms with Crippen LogP contribution in [0.25, 0.3) is 11.8 Å². The summed E-state index contributed by atoms with van der Waals surface area (Å²) in [5.41, 5.74) is 5.64. The highest BCUT2D eigenvalue weighted by Crippen LogP contribution is 2.26. The van der Waals surface area contributed by atoms with Crippen LogP contribution in [0.5, 0.6) is 0 Å². The Bertz CT molecular complexity index is 1230. The van der Waals surface area contributed by atoms with Gasteiger partial charge >= 0.3 is 0 Å². The lowest BCUT2D eigenvalue weighted by molar-refractivity contribution is -0.114. The summed E-state index contributed by atoms with van der Waals surface area (Å²) in [7, 11) is 0. The van der Waals surface area contributed by atoms with Gasteiger partial charge in [-0.15, -0.1) is 0 Å². The number of para-hydroxylation sites is 1. The van der Waals surface area contributed by atoms with Gasteiger partial charge in [-0.1, -0.05) is 24.3 Å². The SMILES string of the molecule is CC1=NN(c2ccc(C)c(C)c2)C(=O)C1=Cc1c(C)[nH]n(-c2ccccc2)c1=O. The Hall–Kier alpha value is -3.67. The molecule has 4 rings (SSSR count). The van der Waals surface area contributed by atoms with E-state index in [4.69, 9.17) is 0 Å². The number of nitrogens with one attached hydrogen (secondary N) is 1. The molecule has 0 saturated heterocycles. The summed E-state index contributed by atoms with van der Waals surface area (Å²) in [6, 6.07) is 15.1. The van der Waals surface area contributed by atoms with E-state index in [-0.39, 0.29) is 11.5 Å². The van der Waals surface area contributed by atoms with Crippen molar-refractivity contribution < 1.29 is 4.79 Å². The number of carbonyl (C=O) groups is 1. The molecule has 0 bridgehead atoms. The monoisotopic (exact) mass is 386 g/mol. The molecule has 2 heterocycles. The van der Waals surface area contributed by atoms with Crippen LogP contribution in [0, 0.1) is 20.8 Å². The van der Waals surface area contributed by atoms with Crippen molar-refractivity contribution in [1.29, 1.82) is 0 Å². The van der Waals surface area contributed by atoms with Crippen LogP contribution in [0.3, 0.4) is 0 Å². The molecule has 0 saturated carbocycles. The van der Waals surface area contributed by atoms with E-state index in [9.17, 15) is 9.59 Å². The van der Waals surface area contributed by atoms with Gasteiger partial charge in [-0.3, -0.25) is 14.7 Å². The molecule has 6 heteroatoms. The highest BCUT2D eigenvalue weighted by molar-refractivity contribution is 6.32.